The summed E-state index contributed by atoms with van der Waals surface area (Å²) in [4.78, 5) is 12.5. The number of halogens is 2. The maximum absolute atomic E-state index is 12.5. The molecule has 0 unspecified atom stereocenters. The number of carbonyl (C=O) groups is 1. The number of nitrogens with one attached hydrogen (secondary N) is 1. The molecule has 1 heterocycles. The fraction of sp³-hybridized carbons (Fsp3) is 0.150. The molecule has 9 heteroatoms. The number of rotatable bonds is 6. The van der Waals surface area contributed by atoms with E-state index in [1.807, 2.05) is 12.1 Å². The van der Waals surface area contributed by atoms with Gasteiger partial charge < -0.3 is 9.73 Å². The maximum atomic E-state index is 12.5. The van der Waals surface area contributed by atoms with Crippen LogP contribution in [0.25, 0.3) is 11.3 Å². The monoisotopic (exact) mass is 452 g/mol. The minimum absolute atomic E-state index is 0.0138. The van der Waals surface area contributed by atoms with Gasteiger partial charge in [-0.15, -0.1) is 0 Å². The van der Waals surface area contributed by atoms with Crippen molar-refractivity contribution in [3.05, 3.63) is 76.0 Å². The molecule has 0 aliphatic heterocycles. The zero-order valence-corrected chi connectivity index (χ0v) is 18.0. The zero-order valence-electron chi connectivity index (χ0n) is 15.6. The molecule has 3 rings (SSSR count). The molecule has 1 amide bonds. The Morgan fingerprint density at radius 3 is 2.38 bits per heavy atom. The molecule has 0 radical (unpaired) electrons. The molecule has 3 aromatic rings. The Morgan fingerprint density at radius 1 is 1.03 bits per heavy atom. The maximum Gasteiger partial charge on any atom is 0.253 e. The van der Waals surface area contributed by atoms with Gasteiger partial charge >= 0.3 is 0 Å². The summed E-state index contributed by atoms with van der Waals surface area (Å²) in [6.45, 7) is 0.118. The van der Waals surface area contributed by atoms with E-state index in [-0.39, 0.29) is 22.0 Å². The highest BCUT2D eigenvalue weighted by molar-refractivity contribution is 7.89. The molecular formula is C20H18Cl2N2O4S. The molecule has 0 aliphatic rings. The Morgan fingerprint density at radius 2 is 1.72 bits per heavy atom. The molecule has 152 valence electrons. The summed E-state index contributed by atoms with van der Waals surface area (Å²) in [5.74, 6) is 0.676. The van der Waals surface area contributed by atoms with E-state index < -0.39 is 15.9 Å². The first-order chi connectivity index (χ1) is 13.7. The molecule has 0 saturated carbocycles. The van der Waals surface area contributed by atoms with Crippen LogP contribution in [0.4, 0.5) is 0 Å². The first-order valence-electron chi connectivity index (χ1n) is 8.53. The summed E-state index contributed by atoms with van der Waals surface area (Å²) >= 11 is 12.0. The fourth-order valence-electron chi connectivity index (χ4n) is 2.55. The number of hydrogen-bond acceptors (Lipinski definition) is 4. The third-order valence-corrected chi connectivity index (χ3v) is 6.57. The number of furan rings is 1. The van der Waals surface area contributed by atoms with E-state index in [1.54, 1.807) is 24.3 Å². The summed E-state index contributed by atoms with van der Waals surface area (Å²) in [6.07, 6.45) is 0. The van der Waals surface area contributed by atoms with Gasteiger partial charge in [0.15, 0.2) is 0 Å². The van der Waals surface area contributed by atoms with Crippen LogP contribution >= 0.6 is 23.2 Å². The largest absolute Gasteiger partial charge is 0.459 e. The van der Waals surface area contributed by atoms with Crippen LogP contribution in [0.15, 0.2) is 63.9 Å². The lowest BCUT2D eigenvalue weighted by atomic mass is 10.2. The van der Waals surface area contributed by atoms with Crippen molar-refractivity contribution in [2.75, 3.05) is 14.1 Å². The predicted molar refractivity (Wildman–Crippen MR) is 113 cm³/mol. The van der Waals surface area contributed by atoms with Gasteiger partial charge in [0.2, 0.25) is 10.0 Å². The van der Waals surface area contributed by atoms with Crippen molar-refractivity contribution in [1.29, 1.82) is 0 Å². The lowest BCUT2D eigenvalue weighted by Gasteiger charge is -2.13. The quantitative estimate of drug-likeness (QED) is 0.599. The minimum atomic E-state index is -3.68. The number of sulfonamides is 1. The van der Waals surface area contributed by atoms with Crippen molar-refractivity contribution in [3.63, 3.8) is 0 Å². The predicted octanol–water partition coefficient (Wildman–Crippen LogP) is 4.43. The summed E-state index contributed by atoms with van der Waals surface area (Å²) in [5.41, 5.74) is 0.927. The van der Waals surface area contributed by atoms with Crippen LogP contribution in [0.1, 0.15) is 16.1 Å². The topological polar surface area (TPSA) is 79.6 Å². The van der Waals surface area contributed by atoms with Crippen molar-refractivity contribution in [2.45, 2.75) is 11.4 Å². The second kappa shape index (κ2) is 8.59. The van der Waals surface area contributed by atoms with E-state index in [9.17, 15) is 13.2 Å². The lowest BCUT2D eigenvalue weighted by molar-refractivity contribution is 0.0948. The summed E-state index contributed by atoms with van der Waals surface area (Å²) in [7, 11) is -0.849. The molecule has 1 aromatic heterocycles. The normalized spacial score (nSPS) is 11.6. The number of amides is 1. The van der Waals surface area contributed by atoms with Gasteiger partial charge in [0.05, 0.1) is 22.0 Å². The number of benzene rings is 2. The first-order valence-corrected chi connectivity index (χ1v) is 10.7. The lowest BCUT2D eigenvalue weighted by Crippen LogP contribution is -2.25. The minimum Gasteiger partial charge on any atom is -0.459 e. The Hall–Kier alpha value is -2.32. The van der Waals surface area contributed by atoms with Crippen molar-refractivity contribution >= 4 is 39.1 Å². The first kappa shape index (κ1) is 21.4. The van der Waals surface area contributed by atoms with Crippen LogP contribution in [-0.2, 0) is 16.6 Å². The van der Waals surface area contributed by atoms with Crippen molar-refractivity contribution in [3.8, 4) is 11.3 Å². The van der Waals surface area contributed by atoms with Gasteiger partial charge in [-0.25, -0.2) is 12.7 Å². The third-order valence-electron chi connectivity index (χ3n) is 4.17. The summed E-state index contributed by atoms with van der Waals surface area (Å²) in [6, 6.07) is 14.7. The SMILES string of the molecule is CN(C)S(=O)(=O)c1ccc(Cl)c(C(=O)NCc2ccc(-c3ccc(Cl)cc3)o2)c1. The molecule has 0 bridgehead atoms. The van der Waals surface area contributed by atoms with E-state index in [0.29, 0.717) is 16.5 Å². The molecule has 0 aliphatic carbocycles. The second-order valence-electron chi connectivity index (χ2n) is 6.38. The van der Waals surface area contributed by atoms with Crippen molar-refractivity contribution < 1.29 is 17.6 Å². The standard InChI is InChI=1S/C20H18Cl2N2O4S/c1-24(2)29(26,27)16-8-9-18(22)17(11-16)20(25)23-12-15-7-10-19(28-15)13-3-5-14(21)6-4-13/h3-11H,12H2,1-2H3,(H,23,25). The molecule has 0 spiro atoms. The molecule has 0 atom stereocenters. The van der Waals surface area contributed by atoms with Gasteiger partial charge in [0, 0.05) is 24.7 Å². The Bertz CT molecular complexity index is 1140. The van der Waals surface area contributed by atoms with E-state index in [1.165, 1.54) is 32.3 Å². The van der Waals surface area contributed by atoms with Crippen LogP contribution in [0.3, 0.4) is 0 Å². The number of hydrogen-bond donors (Lipinski definition) is 1. The Kier molecular flexibility index (Phi) is 6.33. The average molecular weight is 453 g/mol. The summed E-state index contributed by atoms with van der Waals surface area (Å²) in [5, 5.41) is 3.47. The van der Waals surface area contributed by atoms with Crippen molar-refractivity contribution in [1.82, 2.24) is 9.62 Å². The number of nitrogens with zero attached hydrogens (tertiary/aromatic N) is 1. The van der Waals surface area contributed by atoms with E-state index in [4.69, 9.17) is 27.6 Å². The van der Waals surface area contributed by atoms with Crippen LogP contribution in [0.2, 0.25) is 10.0 Å². The van der Waals surface area contributed by atoms with Gasteiger partial charge in [0.25, 0.3) is 5.91 Å². The van der Waals surface area contributed by atoms with Gasteiger partial charge in [-0.3, -0.25) is 4.79 Å². The van der Waals surface area contributed by atoms with Gasteiger partial charge in [-0.2, -0.15) is 0 Å². The molecule has 1 N–H and O–H groups in total. The van der Waals surface area contributed by atoms with Crippen LogP contribution in [-0.4, -0.2) is 32.7 Å². The van der Waals surface area contributed by atoms with Gasteiger partial charge in [-0.05, 0) is 54.6 Å². The van der Waals surface area contributed by atoms with Crippen LogP contribution in [0.5, 0.6) is 0 Å². The molecule has 2 aromatic carbocycles. The molecule has 29 heavy (non-hydrogen) atoms. The fourth-order valence-corrected chi connectivity index (χ4v) is 3.81. The van der Waals surface area contributed by atoms with Crippen molar-refractivity contribution in [2.24, 2.45) is 0 Å². The van der Waals surface area contributed by atoms with E-state index in [2.05, 4.69) is 5.32 Å². The Balaban J connectivity index is 1.74. The Labute approximate surface area is 179 Å². The summed E-state index contributed by atoms with van der Waals surface area (Å²) < 4.78 is 31.4. The average Bonchev–Trinajstić information content (AvgIpc) is 3.15. The highest BCUT2D eigenvalue weighted by Crippen LogP contribution is 2.25. The second-order valence-corrected chi connectivity index (χ2v) is 9.38. The smallest absolute Gasteiger partial charge is 0.253 e. The molecule has 6 nitrogen and oxygen atoms in total. The highest BCUT2D eigenvalue weighted by atomic mass is 35.5. The van der Waals surface area contributed by atoms with Crippen LogP contribution in [0, 0.1) is 0 Å². The molecular weight excluding hydrogens is 435 g/mol. The van der Waals surface area contributed by atoms with Crippen LogP contribution < -0.4 is 5.32 Å². The highest BCUT2D eigenvalue weighted by Gasteiger charge is 2.21. The van der Waals surface area contributed by atoms with E-state index >= 15 is 0 Å². The van der Waals surface area contributed by atoms with Gasteiger partial charge in [-0.1, -0.05) is 23.2 Å². The zero-order chi connectivity index (χ0) is 21.2. The number of carbonyl (C=O) groups excluding carboxylic acids is 1. The molecule has 0 fully saturated rings. The van der Waals surface area contributed by atoms with Gasteiger partial charge in [0.1, 0.15) is 11.5 Å². The molecule has 0 saturated heterocycles. The third kappa shape index (κ3) is 4.82. The van der Waals surface area contributed by atoms with E-state index in [0.717, 1.165) is 9.87 Å².